The molecule has 1 aromatic rings. The predicted octanol–water partition coefficient (Wildman–Crippen LogP) is 2.26. The van der Waals surface area contributed by atoms with E-state index in [-0.39, 0.29) is 11.9 Å². The molecule has 1 aliphatic rings. The number of hydrogen-bond acceptors (Lipinski definition) is 3. The second-order valence-corrected chi connectivity index (χ2v) is 6.63. The van der Waals surface area contributed by atoms with Crippen molar-refractivity contribution in [2.75, 3.05) is 13.1 Å². The van der Waals surface area contributed by atoms with E-state index in [1.807, 2.05) is 11.8 Å². The van der Waals surface area contributed by atoms with Gasteiger partial charge in [0.1, 0.15) is 0 Å². The van der Waals surface area contributed by atoms with Crippen LogP contribution in [0, 0.1) is 19.8 Å². The van der Waals surface area contributed by atoms with Crippen molar-refractivity contribution in [1.82, 2.24) is 14.7 Å². The number of nitrogens with zero attached hydrogens (tertiary/aromatic N) is 3. The van der Waals surface area contributed by atoms with E-state index in [1.54, 1.807) is 0 Å². The first-order valence-corrected chi connectivity index (χ1v) is 8.56. The fourth-order valence-corrected chi connectivity index (χ4v) is 3.22. The quantitative estimate of drug-likeness (QED) is 0.877. The number of amides is 1. The Labute approximate surface area is 133 Å². The second-order valence-electron chi connectivity index (χ2n) is 6.63. The Morgan fingerprint density at radius 2 is 2.09 bits per heavy atom. The van der Waals surface area contributed by atoms with Gasteiger partial charge in [-0.15, -0.1) is 0 Å². The Bertz CT molecular complexity index is 489. The highest BCUT2D eigenvalue weighted by molar-refractivity contribution is 5.81. The van der Waals surface area contributed by atoms with E-state index in [0.29, 0.717) is 5.92 Å². The zero-order valence-electron chi connectivity index (χ0n) is 14.2. The smallest absolute Gasteiger partial charge is 0.239 e. The summed E-state index contributed by atoms with van der Waals surface area (Å²) in [5, 5.41) is 4.54. The molecule has 0 unspecified atom stereocenters. The van der Waals surface area contributed by atoms with Crippen molar-refractivity contribution in [3.05, 3.63) is 17.5 Å². The van der Waals surface area contributed by atoms with E-state index in [2.05, 4.69) is 29.7 Å². The number of aryl methyl sites for hydroxylation is 2. The van der Waals surface area contributed by atoms with Gasteiger partial charge in [-0.1, -0.05) is 19.8 Å². The number of carbonyl (C=O) groups is 1. The highest BCUT2D eigenvalue weighted by Gasteiger charge is 2.26. The number of likely N-dealkylation sites (tertiary alicyclic amines) is 1. The highest BCUT2D eigenvalue weighted by atomic mass is 16.2. The van der Waals surface area contributed by atoms with Gasteiger partial charge < -0.3 is 10.6 Å². The molecule has 1 fully saturated rings. The minimum Gasteiger partial charge on any atom is -0.341 e. The molecular weight excluding hydrogens is 276 g/mol. The van der Waals surface area contributed by atoms with Crippen molar-refractivity contribution in [2.24, 2.45) is 11.7 Å². The Hall–Kier alpha value is -1.36. The first kappa shape index (κ1) is 17.0. The number of unbranched alkanes of at least 4 members (excludes halogenated alkanes) is 1. The van der Waals surface area contributed by atoms with E-state index < -0.39 is 0 Å². The summed E-state index contributed by atoms with van der Waals surface area (Å²) in [6.45, 7) is 8.89. The molecule has 2 N–H and O–H groups in total. The summed E-state index contributed by atoms with van der Waals surface area (Å²) in [6.07, 6.45) is 5.02. The number of rotatable bonds is 6. The summed E-state index contributed by atoms with van der Waals surface area (Å²) in [4.78, 5) is 14.3. The van der Waals surface area contributed by atoms with Crippen LogP contribution in [0.15, 0.2) is 6.07 Å². The van der Waals surface area contributed by atoms with Gasteiger partial charge in [0.2, 0.25) is 5.91 Å². The van der Waals surface area contributed by atoms with Crippen molar-refractivity contribution >= 4 is 5.91 Å². The van der Waals surface area contributed by atoms with Crippen LogP contribution >= 0.6 is 0 Å². The van der Waals surface area contributed by atoms with Gasteiger partial charge in [0.25, 0.3) is 0 Å². The van der Waals surface area contributed by atoms with Crippen LogP contribution in [0.1, 0.15) is 50.4 Å². The number of hydrogen-bond donors (Lipinski definition) is 1. The monoisotopic (exact) mass is 306 g/mol. The minimum atomic E-state index is -0.312. The molecule has 0 radical (unpaired) electrons. The molecule has 2 rings (SSSR count). The summed E-state index contributed by atoms with van der Waals surface area (Å²) in [6, 6.07) is 1.80. The Balaban J connectivity index is 1.80. The van der Waals surface area contributed by atoms with Gasteiger partial charge in [-0.25, -0.2) is 0 Å². The van der Waals surface area contributed by atoms with Gasteiger partial charge in [-0.3, -0.25) is 9.48 Å². The van der Waals surface area contributed by atoms with Crippen LogP contribution in [0.4, 0.5) is 0 Å². The maximum atomic E-state index is 12.3. The van der Waals surface area contributed by atoms with Crippen LogP contribution in [0.2, 0.25) is 0 Å². The van der Waals surface area contributed by atoms with Gasteiger partial charge in [-0.2, -0.15) is 5.10 Å². The zero-order chi connectivity index (χ0) is 16.1. The first-order chi connectivity index (χ1) is 10.5. The summed E-state index contributed by atoms with van der Waals surface area (Å²) >= 11 is 0. The maximum absolute atomic E-state index is 12.3. The van der Waals surface area contributed by atoms with Crippen molar-refractivity contribution in [1.29, 1.82) is 0 Å². The van der Waals surface area contributed by atoms with E-state index in [1.165, 1.54) is 5.69 Å². The molecule has 22 heavy (non-hydrogen) atoms. The molecule has 0 aromatic carbocycles. The number of nitrogens with two attached hydrogens (primary N) is 1. The van der Waals surface area contributed by atoms with E-state index in [4.69, 9.17) is 5.73 Å². The average Bonchev–Trinajstić information content (AvgIpc) is 2.82. The molecule has 0 saturated carbocycles. The molecule has 1 saturated heterocycles. The fraction of sp³-hybridized carbons (Fsp3) is 0.765. The molecule has 124 valence electrons. The van der Waals surface area contributed by atoms with E-state index >= 15 is 0 Å². The molecule has 0 spiro atoms. The highest BCUT2D eigenvalue weighted by Crippen LogP contribution is 2.20. The lowest BCUT2D eigenvalue weighted by molar-refractivity contribution is -0.134. The molecule has 1 amide bonds. The Morgan fingerprint density at radius 3 is 2.64 bits per heavy atom. The molecule has 5 nitrogen and oxygen atoms in total. The minimum absolute atomic E-state index is 0.137. The summed E-state index contributed by atoms with van der Waals surface area (Å²) < 4.78 is 2.10. The maximum Gasteiger partial charge on any atom is 0.239 e. The number of piperidine rings is 1. The predicted molar refractivity (Wildman–Crippen MR) is 88.5 cm³/mol. The summed E-state index contributed by atoms with van der Waals surface area (Å²) in [5.41, 5.74) is 8.31. The van der Waals surface area contributed by atoms with Gasteiger partial charge in [-0.05, 0) is 45.1 Å². The molecule has 1 aromatic heterocycles. The second kappa shape index (κ2) is 7.77. The normalized spacial score (nSPS) is 17.7. The fourth-order valence-electron chi connectivity index (χ4n) is 3.22. The van der Waals surface area contributed by atoms with Crippen LogP contribution in [-0.2, 0) is 11.3 Å². The van der Waals surface area contributed by atoms with E-state index in [9.17, 15) is 4.79 Å². The molecular formula is C17H30N4O. The lowest BCUT2D eigenvalue weighted by atomic mass is 9.96. The van der Waals surface area contributed by atoms with Crippen LogP contribution < -0.4 is 5.73 Å². The van der Waals surface area contributed by atoms with Crippen LogP contribution in [0.25, 0.3) is 0 Å². The third kappa shape index (κ3) is 4.32. The topological polar surface area (TPSA) is 64.2 Å². The molecule has 1 aliphatic heterocycles. The zero-order valence-corrected chi connectivity index (χ0v) is 14.2. The van der Waals surface area contributed by atoms with Crippen LogP contribution in [0.5, 0.6) is 0 Å². The van der Waals surface area contributed by atoms with Gasteiger partial charge in [0, 0.05) is 25.3 Å². The van der Waals surface area contributed by atoms with Crippen LogP contribution in [-0.4, -0.2) is 39.7 Å². The van der Waals surface area contributed by atoms with E-state index in [0.717, 1.165) is 57.4 Å². The molecule has 0 aliphatic carbocycles. The Kier molecular flexibility index (Phi) is 6.00. The van der Waals surface area contributed by atoms with Crippen molar-refractivity contribution < 1.29 is 4.79 Å². The number of carbonyl (C=O) groups excluding carboxylic acids is 1. The third-order valence-electron chi connectivity index (χ3n) is 4.65. The van der Waals surface area contributed by atoms with Crippen molar-refractivity contribution in [2.45, 2.75) is 65.5 Å². The lowest BCUT2D eigenvalue weighted by Gasteiger charge is -2.33. The lowest BCUT2D eigenvalue weighted by Crippen LogP contribution is -2.47. The van der Waals surface area contributed by atoms with Crippen molar-refractivity contribution in [3.8, 4) is 0 Å². The molecule has 1 atom stereocenters. The average molecular weight is 306 g/mol. The largest absolute Gasteiger partial charge is 0.341 e. The summed E-state index contributed by atoms with van der Waals surface area (Å²) in [5.74, 6) is 0.743. The SMILES string of the molecule is CCCC[C@@H](N)C(=O)N1CCC(Cn2nc(C)cc2C)CC1. The molecule has 0 bridgehead atoms. The van der Waals surface area contributed by atoms with Crippen molar-refractivity contribution in [3.63, 3.8) is 0 Å². The Morgan fingerprint density at radius 1 is 1.41 bits per heavy atom. The first-order valence-electron chi connectivity index (χ1n) is 8.56. The van der Waals surface area contributed by atoms with Gasteiger partial charge in [0.15, 0.2) is 0 Å². The third-order valence-corrected chi connectivity index (χ3v) is 4.65. The summed E-state index contributed by atoms with van der Waals surface area (Å²) in [7, 11) is 0. The number of aromatic nitrogens is 2. The van der Waals surface area contributed by atoms with Crippen LogP contribution in [0.3, 0.4) is 0 Å². The van der Waals surface area contributed by atoms with Gasteiger partial charge >= 0.3 is 0 Å². The molecule has 2 heterocycles. The molecule has 5 heteroatoms. The van der Waals surface area contributed by atoms with Gasteiger partial charge in [0.05, 0.1) is 11.7 Å². The standard InChI is InChI=1S/C17H30N4O/c1-4-5-6-16(18)17(22)20-9-7-15(8-10-20)12-21-14(3)11-13(2)19-21/h11,15-16H,4-10,12,18H2,1-3H3/t16-/m1/s1.